The van der Waals surface area contributed by atoms with E-state index in [4.69, 9.17) is 9.47 Å². The van der Waals surface area contributed by atoms with Crippen LogP contribution in [0.2, 0.25) is 0 Å². The number of piperidine rings is 1. The summed E-state index contributed by atoms with van der Waals surface area (Å²) in [6, 6.07) is 13.8. The minimum Gasteiger partial charge on any atom is -0.466 e. The van der Waals surface area contributed by atoms with E-state index in [9.17, 15) is 9.59 Å². The van der Waals surface area contributed by atoms with E-state index in [1.807, 2.05) is 61.7 Å². The number of carbonyl (C=O) groups excluding carboxylic acids is 2. The summed E-state index contributed by atoms with van der Waals surface area (Å²) in [5, 5.41) is 5.16. The standard InChI is InChI=1S/C27H32N2O4S/c1-18-23(26(30)32-3)25(22-13-10-16-34-22)24(19(2)28-18)27(31)33-21(20-11-6-4-7-12-20)17-29-14-8-5-9-15-29/h4,6-7,10-13,16,21,25,28H,5,8-9,14-15,17H2,1-3H3/t21-,25+/m1/s1. The molecule has 0 spiro atoms. The molecule has 1 fully saturated rings. The lowest BCUT2D eigenvalue weighted by Gasteiger charge is -2.33. The first-order valence-electron chi connectivity index (χ1n) is 11.8. The van der Waals surface area contributed by atoms with Crippen molar-refractivity contribution in [3.63, 3.8) is 0 Å². The van der Waals surface area contributed by atoms with Crippen LogP contribution in [0.15, 0.2) is 70.4 Å². The summed E-state index contributed by atoms with van der Waals surface area (Å²) in [7, 11) is 1.36. The van der Waals surface area contributed by atoms with Gasteiger partial charge in [-0.25, -0.2) is 9.59 Å². The summed E-state index contributed by atoms with van der Waals surface area (Å²) in [5.74, 6) is -1.40. The molecule has 1 aromatic heterocycles. The molecular formula is C27H32N2O4S. The van der Waals surface area contributed by atoms with Crippen molar-refractivity contribution in [1.82, 2.24) is 10.2 Å². The Hall–Kier alpha value is -2.90. The van der Waals surface area contributed by atoms with Crippen LogP contribution in [-0.2, 0) is 19.1 Å². The lowest BCUT2D eigenvalue weighted by atomic mass is 9.84. The lowest BCUT2D eigenvalue weighted by Crippen LogP contribution is -2.36. The second-order valence-electron chi connectivity index (χ2n) is 8.81. The zero-order chi connectivity index (χ0) is 24.1. The quantitative estimate of drug-likeness (QED) is 0.567. The van der Waals surface area contributed by atoms with E-state index in [2.05, 4.69) is 10.2 Å². The molecule has 0 bridgehead atoms. The van der Waals surface area contributed by atoms with Crippen molar-refractivity contribution in [1.29, 1.82) is 0 Å². The Labute approximate surface area is 205 Å². The molecule has 1 saturated heterocycles. The Morgan fingerprint density at radius 3 is 2.29 bits per heavy atom. The average molecular weight is 481 g/mol. The zero-order valence-electron chi connectivity index (χ0n) is 20.0. The first-order chi connectivity index (χ1) is 16.5. The van der Waals surface area contributed by atoms with Gasteiger partial charge >= 0.3 is 11.9 Å². The number of nitrogens with zero attached hydrogens (tertiary/aromatic N) is 1. The van der Waals surface area contributed by atoms with Crippen molar-refractivity contribution >= 4 is 23.3 Å². The summed E-state index contributed by atoms with van der Waals surface area (Å²) in [4.78, 5) is 29.8. The van der Waals surface area contributed by atoms with E-state index in [0.29, 0.717) is 29.1 Å². The number of hydrogen-bond donors (Lipinski definition) is 1. The zero-order valence-corrected chi connectivity index (χ0v) is 20.8. The molecule has 1 aromatic carbocycles. The number of dihydropyridines is 1. The molecule has 0 unspecified atom stereocenters. The molecule has 4 rings (SSSR count). The van der Waals surface area contributed by atoms with Gasteiger partial charge in [-0.15, -0.1) is 11.3 Å². The molecule has 0 saturated carbocycles. The van der Waals surface area contributed by atoms with Crippen LogP contribution in [0, 0.1) is 0 Å². The van der Waals surface area contributed by atoms with Crippen LogP contribution in [0.4, 0.5) is 0 Å². The fraction of sp³-hybridized carbons (Fsp3) is 0.407. The van der Waals surface area contributed by atoms with Crippen molar-refractivity contribution in [2.75, 3.05) is 26.7 Å². The van der Waals surface area contributed by atoms with Gasteiger partial charge in [-0.3, -0.25) is 4.90 Å². The van der Waals surface area contributed by atoms with Crippen molar-refractivity contribution in [2.24, 2.45) is 0 Å². The van der Waals surface area contributed by atoms with Gasteiger partial charge in [0.05, 0.1) is 24.2 Å². The molecule has 2 aliphatic heterocycles. The number of ether oxygens (including phenoxy) is 2. The number of benzene rings is 1. The minimum atomic E-state index is -0.535. The average Bonchev–Trinajstić information content (AvgIpc) is 3.38. The number of likely N-dealkylation sites (tertiary alicyclic amines) is 1. The van der Waals surface area contributed by atoms with Gasteiger partial charge in [0, 0.05) is 22.8 Å². The Morgan fingerprint density at radius 2 is 1.68 bits per heavy atom. The number of methoxy groups -OCH3 is 1. The highest BCUT2D eigenvalue weighted by Crippen LogP contribution is 2.41. The summed E-state index contributed by atoms with van der Waals surface area (Å²) in [6.07, 6.45) is 3.17. The Bertz CT molecular complexity index is 1070. The van der Waals surface area contributed by atoms with Crippen LogP contribution in [-0.4, -0.2) is 43.6 Å². The molecule has 1 N–H and O–H groups in total. The highest BCUT2D eigenvalue weighted by molar-refractivity contribution is 7.10. The van der Waals surface area contributed by atoms with E-state index < -0.39 is 24.0 Å². The van der Waals surface area contributed by atoms with Crippen LogP contribution in [0.25, 0.3) is 0 Å². The maximum atomic E-state index is 13.8. The van der Waals surface area contributed by atoms with Crippen LogP contribution >= 0.6 is 11.3 Å². The Kier molecular flexibility index (Phi) is 7.85. The number of carbonyl (C=O) groups is 2. The first kappa shape index (κ1) is 24.2. The summed E-state index contributed by atoms with van der Waals surface area (Å²) in [5.41, 5.74) is 3.24. The van der Waals surface area contributed by atoms with Crippen LogP contribution < -0.4 is 5.32 Å². The van der Waals surface area contributed by atoms with Gasteiger partial charge in [0.25, 0.3) is 0 Å². The van der Waals surface area contributed by atoms with Crippen molar-refractivity contribution in [3.8, 4) is 0 Å². The van der Waals surface area contributed by atoms with E-state index in [1.165, 1.54) is 24.9 Å². The highest BCUT2D eigenvalue weighted by atomic mass is 32.1. The van der Waals surface area contributed by atoms with Gasteiger partial charge in [0.1, 0.15) is 6.10 Å². The molecule has 180 valence electrons. The highest BCUT2D eigenvalue weighted by Gasteiger charge is 2.39. The van der Waals surface area contributed by atoms with E-state index in [-0.39, 0.29) is 0 Å². The molecule has 3 heterocycles. The fourth-order valence-electron chi connectivity index (χ4n) is 4.83. The molecule has 6 nitrogen and oxygen atoms in total. The van der Waals surface area contributed by atoms with E-state index >= 15 is 0 Å². The topological polar surface area (TPSA) is 67.9 Å². The molecule has 7 heteroatoms. The van der Waals surface area contributed by atoms with Gasteiger partial charge < -0.3 is 14.8 Å². The van der Waals surface area contributed by atoms with Gasteiger partial charge in [0.2, 0.25) is 0 Å². The third-order valence-electron chi connectivity index (χ3n) is 6.51. The first-order valence-corrected chi connectivity index (χ1v) is 12.7. The van der Waals surface area contributed by atoms with Gasteiger partial charge in [0.15, 0.2) is 0 Å². The van der Waals surface area contributed by atoms with Crippen molar-refractivity contribution in [2.45, 2.75) is 45.1 Å². The van der Waals surface area contributed by atoms with Gasteiger partial charge in [-0.05, 0) is 56.8 Å². The molecular weight excluding hydrogens is 448 g/mol. The van der Waals surface area contributed by atoms with Crippen LogP contribution in [0.1, 0.15) is 55.6 Å². The predicted molar refractivity (Wildman–Crippen MR) is 133 cm³/mol. The second kappa shape index (κ2) is 11.0. The Balaban J connectivity index is 1.66. The number of thiophene rings is 1. The number of allylic oxidation sites excluding steroid dienone is 2. The molecule has 2 aliphatic rings. The summed E-state index contributed by atoms with van der Waals surface area (Å²) < 4.78 is 11.3. The summed E-state index contributed by atoms with van der Waals surface area (Å²) in [6.45, 7) is 6.36. The molecule has 0 amide bonds. The molecule has 2 atom stereocenters. The Morgan fingerprint density at radius 1 is 1.00 bits per heavy atom. The van der Waals surface area contributed by atoms with Gasteiger partial charge in [-0.1, -0.05) is 42.8 Å². The van der Waals surface area contributed by atoms with E-state index in [1.54, 1.807) is 0 Å². The molecule has 34 heavy (non-hydrogen) atoms. The third kappa shape index (κ3) is 5.26. The molecule has 0 radical (unpaired) electrons. The maximum absolute atomic E-state index is 13.8. The van der Waals surface area contributed by atoms with E-state index in [0.717, 1.165) is 36.4 Å². The molecule has 0 aliphatic carbocycles. The SMILES string of the molecule is COC(=O)C1=C(C)NC(C)=C(C(=O)O[C@H](CN2CCCCC2)c2ccccc2)[C@H]1c1cccs1. The summed E-state index contributed by atoms with van der Waals surface area (Å²) >= 11 is 1.51. The fourth-order valence-corrected chi connectivity index (χ4v) is 5.68. The molecule has 2 aromatic rings. The maximum Gasteiger partial charge on any atom is 0.337 e. The minimum absolute atomic E-state index is 0.398. The van der Waals surface area contributed by atoms with Crippen molar-refractivity contribution < 1.29 is 19.1 Å². The monoisotopic (exact) mass is 480 g/mol. The predicted octanol–water partition coefficient (Wildman–Crippen LogP) is 4.93. The largest absolute Gasteiger partial charge is 0.466 e. The number of rotatable bonds is 7. The van der Waals surface area contributed by atoms with Crippen LogP contribution in [0.3, 0.4) is 0 Å². The van der Waals surface area contributed by atoms with Crippen molar-refractivity contribution in [3.05, 3.63) is 80.8 Å². The second-order valence-corrected chi connectivity index (χ2v) is 9.79. The lowest BCUT2D eigenvalue weighted by molar-refractivity contribution is -0.146. The normalized spacial score (nSPS) is 20.0. The number of nitrogens with one attached hydrogen (secondary N) is 1. The smallest absolute Gasteiger partial charge is 0.337 e. The number of hydrogen-bond acceptors (Lipinski definition) is 7. The van der Waals surface area contributed by atoms with Crippen LogP contribution in [0.5, 0.6) is 0 Å². The van der Waals surface area contributed by atoms with Gasteiger partial charge in [-0.2, -0.15) is 0 Å². The third-order valence-corrected chi connectivity index (χ3v) is 7.44. The number of esters is 2.